The summed E-state index contributed by atoms with van der Waals surface area (Å²) in [6.45, 7) is 2.16. The fourth-order valence-corrected chi connectivity index (χ4v) is 6.56. The quantitative estimate of drug-likeness (QED) is 0.466. The van der Waals surface area contributed by atoms with Crippen molar-refractivity contribution in [2.45, 2.75) is 50.6 Å². The van der Waals surface area contributed by atoms with Crippen LogP contribution in [0.1, 0.15) is 48.0 Å². The number of likely N-dealkylation sites (tertiary alicyclic amines) is 1. The molecule has 3 atom stereocenters. The van der Waals surface area contributed by atoms with Gasteiger partial charge in [-0.15, -0.1) is 0 Å². The minimum Gasteiger partial charge on any atom is -0.381 e. The predicted molar refractivity (Wildman–Crippen MR) is 161 cm³/mol. The van der Waals surface area contributed by atoms with Crippen molar-refractivity contribution < 1.29 is 19.1 Å². The summed E-state index contributed by atoms with van der Waals surface area (Å²) in [4.78, 5) is 47.4. The molecule has 0 aliphatic carbocycles. The minimum absolute atomic E-state index is 0.00370. The van der Waals surface area contributed by atoms with Gasteiger partial charge >= 0.3 is 0 Å². The zero-order valence-corrected chi connectivity index (χ0v) is 23.8. The molecule has 8 heteroatoms. The van der Waals surface area contributed by atoms with Crippen molar-refractivity contribution in [1.29, 1.82) is 0 Å². The molecular formula is C34H38N4O4. The number of allylic oxidation sites excluding steroid dienone is 2. The molecule has 42 heavy (non-hydrogen) atoms. The summed E-state index contributed by atoms with van der Waals surface area (Å²) in [6, 6.07) is 18.5. The SMILES string of the molecule is O=C1N[C@H]2CCN(C(=O)c3ccc4ncccc4c3)C[C@H]2C/C=C/CC2(CCOCC2)C(=O)N[C@@H]1Cc1ccccc1. The van der Waals surface area contributed by atoms with E-state index in [1.165, 1.54) is 0 Å². The van der Waals surface area contributed by atoms with Crippen LogP contribution in [0, 0.1) is 11.3 Å². The molecule has 0 saturated carbocycles. The molecule has 0 bridgehead atoms. The van der Waals surface area contributed by atoms with Crippen LogP contribution in [-0.4, -0.2) is 66.0 Å². The summed E-state index contributed by atoms with van der Waals surface area (Å²) in [5, 5.41) is 7.36. The first-order valence-electron chi connectivity index (χ1n) is 15.0. The second-order valence-corrected chi connectivity index (χ2v) is 11.8. The van der Waals surface area contributed by atoms with E-state index in [4.69, 9.17) is 4.74 Å². The highest BCUT2D eigenvalue weighted by molar-refractivity contribution is 5.98. The van der Waals surface area contributed by atoms with Gasteiger partial charge in [-0.05, 0) is 61.9 Å². The summed E-state index contributed by atoms with van der Waals surface area (Å²) in [7, 11) is 0. The highest BCUT2D eigenvalue weighted by Crippen LogP contribution is 2.36. The monoisotopic (exact) mass is 566 g/mol. The molecule has 2 saturated heterocycles. The molecule has 0 unspecified atom stereocenters. The van der Waals surface area contributed by atoms with E-state index in [0.717, 1.165) is 16.5 Å². The normalized spacial score (nSPS) is 25.4. The second-order valence-electron chi connectivity index (χ2n) is 11.8. The lowest BCUT2D eigenvalue weighted by Crippen LogP contribution is -2.58. The van der Waals surface area contributed by atoms with E-state index in [0.29, 0.717) is 70.4 Å². The van der Waals surface area contributed by atoms with Gasteiger partial charge in [0.05, 0.1) is 10.9 Å². The number of ether oxygens (including phenoxy) is 1. The summed E-state index contributed by atoms with van der Waals surface area (Å²) in [6.07, 6.45) is 9.64. The third-order valence-electron chi connectivity index (χ3n) is 9.15. The number of piperidine rings is 1. The third-order valence-corrected chi connectivity index (χ3v) is 9.15. The van der Waals surface area contributed by atoms with Crippen molar-refractivity contribution in [1.82, 2.24) is 20.5 Å². The number of carbonyl (C=O) groups excluding carboxylic acids is 3. The van der Waals surface area contributed by atoms with E-state index >= 15 is 0 Å². The molecule has 2 fully saturated rings. The topological polar surface area (TPSA) is 101 Å². The van der Waals surface area contributed by atoms with E-state index < -0.39 is 11.5 Å². The van der Waals surface area contributed by atoms with Crippen molar-refractivity contribution in [3.8, 4) is 0 Å². The smallest absolute Gasteiger partial charge is 0.253 e. The maximum absolute atomic E-state index is 13.8. The number of nitrogens with zero attached hydrogens (tertiary/aromatic N) is 2. The van der Waals surface area contributed by atoms with E-state index in [1.807, 2.05) is 65.6 Å². The zero-order chi connectivity index (χ0) is 28.9. The molecule has 8 nitrogen and oxygen atoms in total. The van der Waals surface area contributed by atoms with Crippen LogP contribution < -0.4 is 10.6 Å². The summed E-state index contributed by atoms with van der Waals surface area (Å²) < 4.78 is 5.60. The molecule has 3 aliphatic heterocycles. The number of pyridine rings is 1. The molecule has 0 radical (unpaired) electrons. The molecule has 3 amide bonds. The van der Waals surface area contributed by atoms with Crippen molar-refractivity contribution in [2.75, 3.05) is 26.3 Å². The van der Waals surface area contributed by atoms with Crippen LogP contribution >= 0.6 is 0 Å². The summed E-state index contributed by atoms with van der Waals surface area (Å²) >= 11 is 0. The first-order valence-corrected chi connectivity index (χ1v) is 15.0. The first-order chi connectivity index (χ1) is 20.5. The molecule has 3 aromatic rings. The van der Waals surface area contributed by atoms with Crippen molar-refractivity contribution in [3.63, 3.8) is 0 Å². The van der Waals surface area contributed by atoms with Gasteiger partial charge in [-0.1, -0.05) is 48.6 Å². The third kappa shape index (κ3) is 6.09. The average Bonchev–Trinajstić information content (AvgIpc) is 3.03. The van der Waals surface area contributed by atoms with E-state index in [1.54, 1.807) is 6.20 Å². The summed E-state index contributed by atoms with van der Waals surface area (Å²) in [5.74, 6) is -0.190. The number of fused-ring (bicyclic) bond motifs is 2. The number of hydrogen-bond donors (Lipinski definition) is 2. The van der Waals surface area contributed by atoms with Crippen molar-refractivity contribution >= 4 is 28.6 Å². The van der Waals surface area contributed by atoms with Crippen LogP contribution in [0.25, 0.3) is 10.9 Å². The van der Waals surface area contributed by atoms with Crippen LogP contribution in [0.3, 0.4) is 0 Å². The largest absolute Gasteiger partial charge is 0.381 e. The molecule has 2 N–H and O–H groups in total. The lowest BCUT2D eigenvalue weighted by molar-refractivity contribution is -0.140. The van der Waals surface area contributed by atoms with Gasteiger partial charge in [0, 0.05) is 61.8 Å². The van der Waals surface area contributed by atoms with Gasteiger partial charge in [-0.2, -0.15) is 0 Å². The molecule has 1 aromatic heterocycles. The molecule has 1 spiro atoms. The molecule has 218 valence electrons. The lowest BCUT2D eigenvalue weighted by atomic mass is 9.75. The van der Waals surface area contributed by atoms with Crippen LogP contribution in [0.5, 0.6) is 0 Å². The van der Waals surface area contributed by atoms with E-state index in [-0.39, 0.29) is 29.7 Å². The Morgan fingerprint density at radius 1 is 1.00 bits per heavy atom. The fraction of sp³-hybridized carbons (Fsp3) is 0.412. The van der Waals surface area contributed by atoms with Crippen LogP contribution in [0.4, 0.5) is 0 Å². The number of benzene rings is 2. The fourth-order valence-electron chi connectivity index (χ4n) is 6.56. The second kappa shape index (κ2) is 12.4. The van der Waals surface area contributed by atoms with Crippen molar-refractivity contribution in [3.05, 3.63) is 90.1 Å². The Bertz CT molecular complexity index is 1470. The first kappa shape index (κ1) is 28.1. The van der Waals surface area contributed by atoms with Gasteiger partial charge in [0.25, 0.3) is 5.91 Å². The average molecular weight is 567 g/mol. The number of aromatic nitrogens is 1. The minimum atomic E-state index is -0.686. The Morgan fingerprint density at radius 2 is 1.83 bits per heavy atom. The van der Waals surface area contributed by atoms with Gasteiger partial charge in [-0.25, -0.2) is 0 Å². The van der Waals surface area contributed by atoms with Gasteiger partial charge in [0.2, 0.25) is 11.8 Å². The van der Waals surface area contributed by atoms with E-state index in [2.05, 4.69) is 27.8 Å². The molecule has 3 aliphatic rings. The zero-order valence-electron chi connectivity index (χ0n) is 23.8. The number of nitrogens with one attached hydrogen (secondary N) is 2. The van der Waals surface area contributed by atoms with Crippen LogP contribution in [0.15, 0.2) is 79.0 Å². The van der Waals surface area contributed by atoms with Gasteiger partial charge < -0.3 is 20.3 Å². The number of carbonyl (C=O) groups is 3. The predicted octanol–water partition coefficient (Wildman–Crippen LogP) is 4.06. The maximum atomic E-state index is 13.8. The number of rotatable bonds is 3. The highest BCUT2D eigenvalue weighted by Gasteiger charge is 2.41. The van der Waals surface area contributed by atoms with Crippen LogP contribution in [-0.2, 0) is 20.7 Å². The highest BCUT2D eigenvalue weighted by atomic mass is 16.5. The Balaban J connectivity index is 1.24. The molecule has 4 heterocycles. The Labute approximate surface area is 246 Å². The molecule has 2 aromatic carbocycles. The van der Waals surface area contributed by atoms with Gasteiger partial charge in [-0.3, -0.25) is 19.4 Å². The molecule has 6 rings (SSSR count). The maximum Gasteiger partial charge on any atom is 0.253 e. The van der Waals surface area contributed by atoms with Gasteiger partial charge in [0.15, 0.2) is 0 Å². The van der Waals surface area contributed by atoms with Crippen molar-refractivity contribution in [2.24, 2.45) is 11.3 Å². The number of hydrogen-bond acceptors (Lipinski definition) is 5. The Hall–Kier alpha value is -4.04. The lowest BCUT2D eigenvalue weighted by Gasteiger charge is -2.40. The van der Waals surface area contributed by atoms with Gasteiger partial charge in [0.1, 0.15) is 6.04 Å². The standard InChI is InChI=1S/C34H38N4O4/c39-31-30(21-24-7-2-1-3-8-24)37-33(41)34(15-19-42-20-16-34)14-5-4-9-27-23-38(18-13-29(27)36-31)32(40)26-11-12-28-25(22-26)10-6-17-35-28/h1-8,10-12,17,22,27,29-30H,9,13-16,18-21,23H2,(H,36,39)(H,37,41)/b5-4+/t27-,29+,30-/m1/s1. The van der Waals surface area contributed by atoms with Crippen LogP contribution in [0.2, 0.25) is 0 Å². The Morgan fingerprint density at radius 3 is 2.67 bits per heavy atom. The number of amides is 3. The van der Waals surface area contributed by atoms with E-state index in [9.17, 15) is 14.4 Å². The Kier molecular flexibility index (Phi) is 8.33. The summed E-state index contributed by atoms with van der Waals surface area (Å²) in [5.41, 5.74) is 1.91. The molecular weight excluding hydrogens is 528 g/mol.